The van der Waals surface area contributed by atoms with Gasteiger partial charge in [-0.2, -0.15) is 0 Å². The van der Waals surface area contributed by atoms with E-state index in [0.29, 0.717) is 22.5 Å². The van der Waals surface area contributed by atoms with Crippen molar-refractivity contribution in [1.82, 2.24) is 9.62 Å². The second-order valence-electron chi connectivity index (χ2n) is 9.38. The Bertz CT molecular complexity index is 1150. The Balaban J connectivity index is 1.86. The molecule has 8 nitrogen and oxygen atoms in total. The van der Waals surface area contributed by atoms with Crippen molar-refractivity contribution >= 4 is 33.2 Å². The van der Waals surface area contributed by atoms with Gasteiger partial charge in [-0.05, 0) is 75.6 Å². The number of carbonyl (C=O) groups is 2. The molecule has 2 aromatic rings. The van der Waals surface area contributed by atoms with Crippen LogP contribution in [0.15, 0.2) is 47.4 Å². The molecule has 0 saturated carbocycles. The van der Waals surface area contributed by atoms with Gasteiger partial charge in [-0.1, -0.05) is 6.92 Å². The third-order valence-electron chi connectivity index (χ3n) is 6.18. The second kappa shape index (κ2) is 10.1. The number of hydrogen-bond donors (Lipinski definition) is 2. The Morgan fingerprint density at radius 3 is 2.18 bits per heavy atom. The standard InChI is InChI=1S/C25H34N4O4S/c1-6-25(2,3)27-23(30)18-9-11-19(12-10-18)26-24(31)21-17-20(34(32,33)28(4)5)13-14-22(21)29-15-7-8-16-29/h9-14,17H,6-8,15-16H2,1-5H3,(H,26,31)(H,27,30). The van der Waals surface area contributed by atoms with Gasteiger partial charge < -0.3 is 15.5 Å². The lowest BCUT2D eigenvalue weighted by atomic mass is 10.0. The molecule has 34 heavy (non-hydrogen) atoms. The molecular formula is C25H34N4O4S. The minimum atomic E-state index is -3.69. The third-order valence-corrected chi connectivity index (χ3v) is 7.99. The van der Waals surface area contributed by atoms with Crippen molar-refractivity contribution in [3.63, 3.8) is 0 Å². The lowest BCUT2D eigenvalue weighted by molar-refractivity contribution is 0.0910. The number of nitrogens with zero attached hydrogens (tertiary/aromatic N) is 2. The van der Waals surface area contributed by atoms with Crippen molar-refractivity contribution in [2.45, 2.75) is 50.5 Å². The summed E-state index contributed by atoms with van der Waals surface area (Å²) < 4.78 is 26.5. The molecule has 1 aliphatic heterocycles. The molecule has 184 valence electrons. The molecule has 0 spiro atoms. The number of nitrogens with one attached hydrogen (secondary N) is 2. The summed E-state index contributed by atoms with van der Waals surface area (Å²) in [6.07, 6.45) is 2.85. The number of hydrogen-bond acceptors (Lipinski definition) is 5. The molecule has 9 heteroatoms. The lowest BCUT2D eigenvalue weighted by Gasteiger charge is -2.24. The van der Waals surface area contributed by atoms with Crippen LogP contribution in [-0.4, -0.2) is 57.3 Å². The van der Waals surface area contributed by atoms with E-state index in [2.05, 4.69) is 15.5 Å². The van der Waals surface area contributed by atoms with E-state index in [-0.39, 0.29) is 16.3 Å². The highest BCUT2D eigenvalue weighted by Crippen LogP contribution is 2.29. The quantitative estimate of drug-likeness (QED) is 0.593. The molecule has 0 unspecified atom stereocenters. The highest BCUT2D eigenvalue weighted by molar-refractivity contribution is 7.89. The van der Waals surface area contributed by atoms with Gasteiger partial charge in [0.15, 0.2) is 0 Å². The first kappa shape index (κ1) is 25.7. The number of sulfonamides is 1. The highest BCUT2D eigenvalue weighted by Gasteiger charge is 2.25. The maximum absolute atomic E-state index is 13.3. The van der Waals surface area contributed by atoms with Gasteiger partial charge in [0, 0.05) is 49.7 Å². The van der Waals surface area contributed by atoms with Crippen LogP contribution in [0, 0.1) is 0 Å². The summed E-state index contributed by atoms with van der Waals surface area (Å²) >= 11 is 0. The normalized spacial score (nSPS) is 14.4. The van der Waals surface area contributed by atoms with E-state index in [0.717, 1.165) is 36.7 Å². The first-order chi connectivity index (χ1) is 15.9. The Morgan fingerprint density at radius 1 is 1.00 bits per heavy atom. The van der Waals surface area contributed by atoms with Crippen LogP contribution in [0.25, 0.3) is 0 Å². The fourth-order valence-electron chi connectivity index (χ4n) is 3.67. The first-order valence-electron chi connectivity index (χ1n) is 11.5. The van der Waals surface area contributed by atoms with Gasteiger partial charge in [0.2, 0.25) is 10.0 Å². The van der Waals surface area contributed by atoms with Crippen LogP contribution in [0.2, 0.25) is 0 Å². The average molecular weight is 487 g/mol. The van der Waals surface area contributed by atoms with E-state index in [4.69, 9.17) is 0 Å². The SMILES string of the molecule is CCC(C)(C)NC(=O)c1ccc(NC(=O)c2cc(S(=O)(=O)N(C)C)ccc2N2CCCC2)cc1. The van der Waals surface area contributed by atoms with Crippen molar-refractivity contribution in [3.05, 3.63) is 53.6 Å². The molecule has 2 aromatic carbocycles. The van der Waals surface area contributed by atoms with Crippen LogP contribution in [0.3, 0.4) is 0 Å². The zero-order chi connectivity index (χ0) is 25.1. The summed E-state index contributed by atoms with van der Waals surface area (Å²) in [6, 6.07) is 11.3. The Hall–Kier alpha value is -2.91. The predicted molar refractivity (Wildman–Crippen MR) is 135 cm³/mol. The summed E-state index contributed by atoms with van der Waals surface area (Å²) in [7, 11) is -0.766. The van der Waals surface area contributed by atoms with Gasteiger partial charge in [0.1, 0.15) is 0 Å². The molecule has 1 heterocycles. The molecule has 0 radical (unpaired) electrons. The summed E-state index contributed by atoms with van der Waals surface area (Å²) in [5, 5.41) is 5.83. The van der Waals surface area contributed by atoms with Gasteiger partial charge in [-0.3, -0.25) is 9.59 Å². The maximum atomic E-state index is 13.3. The molecule has 1 saturated heterocycles. The lowest BCUT2D eigenvalue weighted by Crippen LogP contribution is -2.42. The topological polar surface area (TPSA) is 98.8 Å². The molecule has 0 bridgehead atoms. The number of rotatable bonds is 8. The molecule has 1 fully saturated rings. The average Bonchev–Trinajstić information content (AvgIpc) is 3.33. The minimum absolute atomic E-state index is 0.0659. The number of anilines is 2. The summed E-state index contributed by atoms with van der Waals surface area (Å²) in [6.45, 7) is 7.56. The fourth-order valence-corrected chi connectivity index (χ4v) is 4.60. The highest BCUT2D eigenvalue weighted by atomic mass is 32.2. The van der Waals surface area contributed by atoms with Gasteiger partial charge in [-0.15, -0.1) is 0 Å². The van der Waals surface area contributed by atoms with Crippen molar-refractivity contribution < 1.29 is 18.0 Å². The molecule has 0 aliphatic carbocycles. The van der Waals surface area contributed by atoms with E-state index < -0.39 is 15.9 Å². The number of amides is 2. The van der Waals surface area contributed by atoms with Gasteiger partial charge >= 0.3 is 0 Å². The van der Waals surface area contributed by atoms with E-state index in [1.165, 1.54) is 20.2 Å². The smallest absolute Gasteiger partial charge is 0.257 e. The Kier molecular flexibility index (Phi) is 7.67. The monoisotopic (exact) mass is 486 g/mol. The van der Waals surface area contributed by atoms with E-state index in [9.17, 15) is 18.0 Å². The van der Waals surface area contributed by atoms with Gasteiger partial charge in [0.05, 0.1) is 10.5 Å². The Labute approximate surface area is 202 Å². The zero-order valence-corrected chi connectivity index (χ0v) is 21.3. The van der Waals surface area contributed by atoms with Crippen molar-refractivity contribution in [3.8, 4) is 0 Å². The van der Waals surface area contributed by atoms with Crippen LogP contribution in [0.5, 0.6) is 0 Å². The molecule has 1 aliphatic rings. The number of carbonyl (C=O) groups excluding carboxylic acids is 2. The van der Waals surface area contributed by atoms with E-state index >= 15 is 0 Å². The molecule has 2 amide bonds. The van der Waals surface area contributed by atoms with Crippen molar-refractivity contribution in [2.24, 2.45) is 0 Å². The molecule has 3 rings (SSSR count). The molecular weight excluding hydrogens is 452 g/mol. The zero-order valence-electron chi connectivity index (χ0n) is 20.5. The minimum Gasteiger partial charge on any atom is -0.371 e. The van der Waals surface area contributed by atoms with Crippen LogP contribution in [0.1, 0.15) is 60.7 Å². The van der Waals surface area contributed by atoms with E-state index in [1.54, 1.807) is 36.4 Å². The molecule has 0 atom stereocenters. The van der Waals surface area contributed by atoms with Gasteiger partial charge in [-0.25, -0.2) is 12.7 Å². The summed E-state index contributed by atoms with van der Waals surface area (Å²) in [4.78, 5) is 27.9. The molecule has 0 aromatic heterocycles. The summed E-state index contributed by atoms with van der Waals surface area (Å²) in [5.74, 6) is -0.579. The van der Waals surface area contributed by atoms with Crippen LogP contribution in [0.4, 0.5) is 11.4 Å². The van der Waals surface area contributed by atoms with Crippen LogP contribution >= 0.6 is 0 Å². The van der Waals surface area contributed by atoms with Crippen LogP contribution < -0.4 is 15.5 Å². The summed E-state index contributed by atoms with van der Waals surface area (Å²) in [5.41, 5.74) is 1.72. The molecule has 2 N–H and O–H groups in total. The predicted octanol–water partition coefficient (Wildman–Crippen LogP) is 3.71. The third kappa shape index (κ3) is 5.77. The van der Waals surface area contributed by atoms with Crippen molar-refractivity contribution in [2.75, 3.05) is 37.4 Å². The Morgan fingerprint density at radius 2 is 1.62 bits per heavy atom. The van der Waals surface area contributed by atoms with E-state index in [1.807, 2.05) is 20.8 Å². The van der Waals surface area contributed by atoms with Crippen LogP contribution in [-0.2, 0) is 10.0 Å². The van der Waals surface area contributed by atoms with Gasteiger partial charge in [0.25, 0.3) is 11.8 Å². The second-order valence-corrected chi connectivity index (χ2v) is 11.5. The maximum Gasteiger partial charge on any atom is 0.257 e. The first-order valence-corrected chi connectivity index (χ1v) is 12.9. The largest absolute Gasteiger partial charge is 0.371 e. The fraction of sp³-hybridized carbons (Fsp3) is 0.440. The van der Waals surface area contributed by atoms with Crippen molar-refractivity contribution in [1.29, 1.82) is 0 Å². The number of benzene rings is 2.